The number of rotatable bonds is 2. The first-order valence-corrected chi connectivity index (χ1v) is 11.5. The Morgan fingerprint density at radius 2 is 2.08 bits per heavy atom. The Bertz CT molecular complexity index is 667. The highest BCUT2D eigenvalue weighted by Gasteiger charge is 2.75. The van der Waals surface area contributed by atoms with Crippen molar-refractivity contribution >= 4 is 28.4 Å². The molecule has 0 aromatic heterocycles. The Balaban J connectivity index is 1.52. The Morgan fingerprint density at radius 1 is 1.24 bits per heavy atom. The summed E-state index contributed by atoms with van der Waals surface area (Å²) in [5.74, 6) is 4.53. The number of aliphatic hydroxyl groups is 1. The van der Waals surface area contributed by atoms with E-state index in [0.29, 0.717) is 23.5 Å². The van der Waals surface area contributed by atoms with Crippen molar-refractivity contribution < 1.29 is 9.90 Å². The first-order valence-electron chi connectivity index (χ1n) is 10.3. The molecule has 0 spiro atoms. The minimum Gasteiger partial charge on any atom is -0.385 e. The quantitative estimate of drug-likeness (QED) is 0.596. The predicted molar refractivity (Wildman–Crippen MR) is 107 cm³/mol. The lowest BCUT2D eigenvalue weighted by Gasteiger charge is -2.58. The van der Waals surface area contributed by atoms with Crippen molar-refractivity contribution in [1.82, 2.24) is 0 Å². The Kier molecular flexibility index (Phi) is 3.85. The van der Waals surface area contributed by atoms with E-state index in [-0.39, 0.29) is 5.41 Å². The number of allylic oxidation sites excluding steroid dienone is 1. The van der Waals surface area contributed by atoms with Crippen molar-refractivity contribution in [2.24, 2.45) is 40.9 Å². The van der Waals surface area contributed by atoms with Crippen LogP contribution in [0.1, 0.15) is 58.3 Å². The molecule has 0 aromatic carbocycles. The number of hydrogen-bond acceptors (Lipinski definition) is 2. The van der Waals surface area contributed by atoms with Crippen LogP contribution in [0, 0.1) is 40.9 Å². The van der Waals surface area contributed by atoms with E-state index in [4.69, 9.17) is 0 Å². The number of ketones is 1. The summed E-state index contributed by atoms with van der Waals surface area (Å²) in [6.45, 7) is 2.32. The normalized spacial score (nSPS) is 53.7. The molecular formula is C22H29IO2. The van der Waals surface area contributed by atoms with Gasteiger partial charge in [-0.25, -0.2) is 0 Å². The molecule has 5 aliphatic rings. The van der Waals surface area contributed by atoms with Crippen molar-refractivity contribution in [3.05, 3.63) is 21.8 Å². The summed E-state index contributed by atoms with van der Waals surface area (Å²) in [4.78, 5) is 11.9. The van der Waals surface area contributed by atoms with E-state index < -0.39 is 5.60 Å². The highest BCUT2D eigenvalue weighted by atomic mass is 127. The monoisotopic (exact) mass is 452 g/mol. The van der Waals surface area contributed by atoms with Crippen LogP contribution in [-0.2, 0) is 4.79 Å². The molecule has 2 nitrogen and oxygen atoms in total. The van der Waals surface area contributed by atoms with E-state index in [1.807, 2.05) is 6.08 Å². The molecule has 0 radical (unpaired) electrons. The second-order valence-corrected chi connectivity index (χ2v) is 10.1. The van der Waals surface area contributed by atoms with Gasteiger partial charge in [0.25, 0.3) is 0 Å². The fourth-order valence-corrected chi connectivity index (χ4v) is 8.63. The van der Waals surface area contributed by atoms with Crippen molar-refractivity contribution in [1.29, 1.82) is 0 Å². The Labute approximate surface area is 164 Å². The van der Waals surface area contributed by atoms with Crippen molar-refractivity contribution in [3.8, 4) is 0 Å². The molecule has 1 N–H and O–H groups in total. The molecule has 25 heavy (non-hydrogen) atoms. The summed E-state index contributed by atoms with van der Waals surface area (Å²) in [5.41, 5.74) is 1.01. The van der Waals surface area contributed by atoms with E-state index >= 15 is 0 Å². The molecule has 3 heteroatoms. The van der Waals surface area contributed by atoms with Crippen LogP contribution in [0.5, 0.6) is 0 Å². The van der Waals surface area contributed by atoms with Gasteiger partial charge in [0.2, 0.25) is 0 Å². The van der Waals surface area contributed by atoms with Gasteiger partial charge in [-0.15, -0.1) is 0 Å². The maximum atomic E-state index is 11.9. The first-order chi connectivity index (χ1) is 12.1. The summed E-state index contributed by atoms with van der Waals surface area (Å²) < 4.78 is 2.06. The van der Waals surface area contributed by atoms with Gasteiger partial charge in [-0.05, 0) is 96.7 Å². The van der Waals surface area contributed by atoms with Gasteiger partial charge in [-0.1, -0.05) is 35.1 Å². The molecule has 4 fully saturated rings. The molecular weight excluding hydrogens is 423 g/mol. The van der Waals surface area contributed by atoms with E-state index in [9.17, 15) is 9.90 Å². The van der Waals surface area contributed by atoms with Gasteiger partial charge in [-0.2, -0.15) is 0 Å². The highest BCUT2D eigenvalue weighted by molar-refractivity contribution is 14.1. The molecule has 8 atom stereocenters. The first kappa shape index (κ1) is 17.0. The summed E-state index contributed by atoms with van der Waals surface area (Å²) >= 11 is 2.29. The molecule has 0 heterocycles. The third-order valence-corrected chi connectivity index (χ3v) is 9.35. The van der Waals surface area contributed by atoms with Crippen molar-refractivity contribution in [3.63, 3.8) is 0 Å². The van der Waals surface area contributed by atoms with E-state index in [1.165, 1.54) is 31.3 Å². The van der Waals surface area contributed by atoms with Crippen molar-refractivity contribution in [2.45, 2.75) is 63.9 Å². The number of halogens is 1. The van der Waals surface area contributed by atoms with Crippen molar-refractivity contribution in [2.75, 3.05) is 0 Å². The maximum absolute atomic E-state index is 11.9. The lowest BCUT2D eigenvalue weighted by atomic mass is 9.48. The SMILES string of the molecule is CC[C@]12CC[C@H]3[C@@H](CCC4=CC(=O)CC[C@@H]43)[C@@H]1[C@H]1C[C@H]1[C@@]2(O)/C=C/I. The smallest absolute Gasteiger partial charge is 0.155 e. The van der Waals surface area contributed by atoms with E-state index in [1.54, 1.807) is 0 Å². The highest BCUT2D eigenvalue weighted by Crippen LogP contribution is 2.77. The molecule has 0 saturated heterocycles. The van der Waals surface area contributed by atoms with Gasteiger partial charge in [0.1, 0.15) is 0 Å². The number of fused-ring (bicyclic) bond motifs is 7. The molecule has 0 aromatic rings. The topological polar surface area (TPSA) is 37.3 Å². The number of hydrogen-bond donors (Lipinski definition) is 1. The van der Waals surface area contributed by atoms with Crippen LogP contribution < -0.4 is 0 Å². The van der Waals surface area contributed by atoms with Crippen LogP contribution in [0.4, 0.5) is 0 Å². The van der Waals surface area contributed by atoms with E-state index in [2.05, 4.69) is 39.7 Å². The molecule has 0 unspecified atom stereocenters. The fraction of sp³-hybridized carbons (Fsp3) is 0.773. The number of carbonyl (C=O) groups excluding carboxylic acids is 1. The lowest BCUT2D eigenvalue weighted by Crippen LogP contribution is -2.55. The van der Waals surface area contributed by atoms with Crippen LogP contribution in [0.25, 0.3) is 0 Å². The van der Waals surface area contributed by atoms with Gasteiger partial charge in [0.15, 0.2) is 5.78 Å². The minimum atomic E-state index is -0.568. The van der Waals surface area contributed by atoms with Gasteiger partial charge in [0.05, 0.1) is 5.60 Å². The molecule has 5 aliphatic carbocycles. The van der Waals surface area contributed by atoms with Gasteiger partial charge in [0, 0.05) is 11.8 Å². The summed E-state index contributed by atoms with van der Waals surface area (Å²) in [6, 6.07) is 0. The average molecular weight is 452 g/mol. The second-order valence-electron chi connectivity index (χ2n) is 9.40. The largest absolute Gasteiger partial charge is 0.385 e. The van der Waals surface area contributed by atoms with Crippen LogP contribution in [-0.4, -0.2) is 16.5 Å². The van der Waals surface area contributed by atoms with E-state index in [0.717, 1.165) is 43.4 Å². The molecule has 0 amide bonds. The van der Waals surface area contributed by atoms with Gasteiger partial charge < -0.3 is 5.11 Å². The zero-order valence-corrected chi connectivity index (χ0v) is 17.2. The molecule has 0 aliphatic heterocycles. The summed E-state index contributed by atoms with van der Waals surface area (Å²) in [6.07, 6.45) is 13.1. The predicted octanol–water partition coefficient (Wildman–Crippen LogP) is 5.05. The van der Waals surface area contributed by atoms with Crippen LogP contribution in [0.3, 0.4) is 0 Å². The maximum Gasteiger partial charge on any atom is 0.155 e. The van der Waals surface area contributed by atoms with Crippen LogP contribution in [0.15, 0.2) is 21.8 Å². The molecule has 136 valence electrons. The second kappa shape index (κ2) is 5.67. The lowest BCUT2D eigenvalue weighted by molar-refractivity contribution is -0.127. The molecule has 4 saturated carbocycles. The molecule has 0 bridgehead atoms. The van der Waals surface area contributed by atoms with Gasteiger partial charge in [-0.3, -0.25) is 4.79 Å². The zero-order valence-electron chi connectivity index (χ0n) is 15.1. The number of carbonyl (C=O) groups is 1. The Hall–Kier alpha value is -0.160. The fourth-order valence-electron chi connectivity index (χ4n) is 8.09. The zero-order chi connectivity index (χ0) is 17.4. The van der Waals surface area contributed by atoms with Crippen LogP contribution in [0.2, 0.25) is 0 Å². The minimum absolute atomic E-state index is 0.106. The summed E-state index contributed by atoms with van der Waals surface area (Å²) in [7, 11) is 0. The molecule has 5 rings (SSSR count). The Morgan fingerprint density at radius 3 is 2.84 bits per heavy atom. The third-order valence-electron chi connectivity index (χ3n) is 8.99. The average Bonchev–Trinajstić information content (AvgIpc) is 3.37. The van der Waals surface area contributed by atoms with Crippen LogP contribution >= 0.6 is 22.6 Å². The van der Waals surface area contributed by atoms with Gasteiger partial charge >= 0.3 is 0 Å². The summed E-state index contributed by atoms with van der Waals surface area (Å²) in [5, 5.41) is 11.8. The third kappa shape index (κ3) is 2.09. The standard InChI is InChI=1S/C22H29IO2/c1-2-21-8-7-16-15-6-4-14(24)11-13(15)3-5-17(16)20(21)18-12-19(18)22(21,25)9-10-23/h9-11,15-20,25H,2-8,12H2,1H3/b10-9+/t15-,16+,17+,18-,19+,20+,21-,22-/m0/s1.